The van der Waals surface area contributed by atoms with E-state index in [2.05, 4.69) is 9.97 Å². The number of carboxylic acid groups (broad SMARTS) is 1. The molecule has 3 aromatic rings. The molecular formula is C18H14ClN3O5. The minimum absolute atomic E-state index is 0.0312. The summed E-state index contributed by atoms with van der Waals surface area (Å²) in [5.41, 5.74) is 1.85. The predicted molar refractivity (Wildman–Crippen MR) is 101 cm³/mol. The van der Waals surface area contributed by atoms with E-state index in [0.29, 0.717) is 27.6 Å². The molecule has 0 spiro atoms. The molecule has 0 atom stereocenters. The van der Waals surface area contributed by atoms with Gasteiger partial charge in [0.15, 0.2) is 0 Å². The summed E-state index contributed by atoms with van der Waals surface area (Å²) in [7, 11) is 0. The molecule has 8 nitrogen and oxygen atoms in total. The summed E-state index contributed by atoms with van der Waals surface area (Å²) in [5, 5.41) is 19.8. The second kappa shape index (κ2) is 7.88. The number of rotatable bonds is 7. The fraction of sp³-hybridized carbons (Fsp3) is 0.111. The Morgan fingerprint density at radius 3 is 2.70 bits per heavy atom. The summed E-state index contributed by atoms with van der Waals surface area (Å²) < 4.78 is 5.32. The Morgan fingerprint density at radius 2 is 2.04 bits per heavy atom. The van der Waals surface area contributed by atoms with Crippen LogP contribution in [0, 0.1) is 10.1 Å². The van der Waals surface area contributed by atoms with Crippen LogP contribution in [0.1, 0.15) is 17.8 Å². The Labute approximate surface area is 158 Å². The van der Waals surface area contributed by atoms with Crippen LogP contribution < -0.4 is 4.74 Å². The SMILES string of the molecule is O=C(O)CCOc1ccc(/C=C(/Cl)c2nc3ccc([N+](=O)[O-])cc3[nH]2)cc1. The Hall–Kier alpha value is -3.39. The van der Waals surface area contributed by atoms with E-state index >= 15 is 0 Å². The second-order valence-corrected chi connectivity index (χ2v) is 6.00. The van der Waals surface area contributed by atoms with Gasteiger partial charge in [0.05, 0.1) is 34.0 Å². The number of hydrogen-bond acceptors (Lipinski definition) is 5. The summed E-state index contributed by atoms with van der Waals surface area (Å²) >= 11 is 6.31. The molecule has 2 N–H and O–H groups in total. The number of aromatic amines is 1. The molecule has 0 fully saturated rings. The first-order chi connectivity index (χ1) is 12.9. The number of fused-ring (bicyclic) bond motifs is 1. The fourth-order valence-corrected chi connectivity index (χ4v) is 2.57. The predicted octanol–water partition coefficient (Wildman–Crippen LogP) is 4.06. The lowest BCUT2D eigenvalue weighted by Crippen LogP contribution is -2.04. The summed E-state index contributed by atoms with van der Waals surface area (Å²) in [6.07, 6.45) is 1.62. The van der Waals surface area contributed by atoms with E-state index in [9.17, 15) is 14.9 Å². The molecule has 0 aliphatic carbocycles. The summed E-state index contributed by atoms with van der Waals surface area (Å²) in [6.45, 7) is 0.0936. The molecule has 0 saturated heterocycles. The van der Waals surface area contributed by atoms with E-state index in [0.717, 1.165) is 5.56 Å². The van der Waals surface area contributed by atoms with Crippen LogP contribution in [0.3, 0.4) is 0 Å². The number of benzene rings is 2. The molecule has 3 rings (SSSR count). The van der Waals surface area contributed by atoms with Gasteiger partial charge in [0.25, 0.3) is 5.69 Å². The highest BCUT2D eigenvalue weighted by Gasteiger charge is 2.11. The van der Waals surface area contributed by atoms with Gasteiger partial charge in [-0.1, -0.05) is 23.7 Å². The van der Waals surface area contributed by atoms with Gasteiger partial charge in [-0.2, -0.15) is 0 Å². The number of imidazole rings is 1. The third-order valence-corrected chi connectivity index (χ3v) is 3.95. The molecule has 27 heavy (non-hydrogen) atoms. The van der Waals surface area contributed by atoms with Gasteiger partial charge in [0.2, 0.25) is 0 Å². The molecule has 0 radical (unpaired) electrons. The van der Waals surface area contributed by atoms with Gasteiger partial charge >= 0.3 is 5.97 Å². The van der Waals surface area contributed by atoms with Gasteiger partial charge in [0.1, 0.15) is 11.6 Å². The molecule has 1 aromatic heterocycles. The van der Waals surface area contributed by atoms with E-state index in [1.807, 2.05) is 0 Å². The number of ether oxygens (including phenoxy) is 1. The van der Waals surface area contributed by atoms with Crippen LogP contribution in [0.4, 0.5) is 5.69 Å². The average molecular weight is 388 g/mol. The lowest BCUT2D eigenvalue weighted by Gasteiger charge is -2.04. The Kier molecular flexibility index (Phi) is 5.37. The molecule has 9 heteroatoms. The van der Waals surface area contributed by atoms with Crippen LogP contribution in [-0.4, -0.2) is 32.6 Å². The lowest BCUT2D eigenvalue weighted by atomic mass is 10.2. The Bertz CT molecular complexity index is 1030. The third-order valence-electron chi connectivity index (χ3n) is 3.66. The van der Waals surface area contributed by atoms with Gasteiger partial charge in [-0.25, -0.2) is 4.98 Å². The largest absolute Gasteiger partial charge is 0.493 e. The lowest BCUT2D eigenvalue weighted by molar-refractivity contribution is -0.384. The van der Waals surface area contributed by atoms with Crippen molar-refractivity contribution in [2.24, 2.45) is 0 Å². The fourth-order valence-electron chi connectivity index (χ4n) is 2.36. The number of nitrogens with zero attached hydrogens (tertiary/aromatic N) is 2. The van der Waals surface area contributed by atoms with Crippen molar-refractivity contribution in [2.45, 2.75) is 6.42 Å². The maximum atomic E-state index is 10.8. The highest BCUT2D eigenvalue weighted by atomic mass is 35.5. The number of aromatic nitrogens is 2. The van der Waals surface area contributed by atoms with Crippen molar-refractivity contribution in [2.75, 3.05) is 6.61 Å². The van der Waals surface area contributed by atoms with Crippen LogP contribution >= 0.6 is 11.6 Å². The highest BCUT2D eigenvalue weighted by molar-refractivity contribution is 6.50. The van der Waals surface area contributed by atoms with Gasteiger partial charge in [-0.15, -0.1) is 0 Å². The normalized spacial score (nSPS) is 11.5. The minimum Gasteiger partial charge on any atom is -0.493 e. The van der Waals surface area contributed by atoms with Crippen molar-refractivity contribution in [1.29, 1.82) is 0 Å². The van der Waals surface area contributed by atoms with Crippen molar-refractivity contribution < 1.29 is 19.6 Å². The first kappa shape index (κ1) is 18.4. The number of aliphatic carboxylic acids is 1. The van der Waals surface area contributed by atoms with E-state index in [4.69, 9.17) is 21.4 Å². The topological polar surface area (TPSA) is 118 Å². The summed E-state index contributed by atoms with van der Waals surface area (Å²) in [4.78, 5) is 28.1. The van der Waals surface area contributed by atoms with Crippen LogP contribution in [0.5, 0.6) is 5.75 Å². The zero-order valence-electron chi connectivity index (χ0n) is 13.9. The zero-order valence-corrected chi connectivity index (χ0v) is 14.6. The smallest absolute Gasteiger partial charge is 0.306 e. The molecule has 0 aliphatic rings. The number of carboxylic acids is 1. The first-order valence-corrected chi connectivity index (χ1v) is 8.26. The van der Waals surface area contributed by atoms with Crippen LogP contribution in [0.15, 0.2) is 42.5 Å². The third kappa shape index (κ3) is 4.62. The molecule has 138 valence electrons. The minimum atomic E-state index is -0.919. The number of H-pyrrole nitrogens is 1. The van der Waals surface area contributed by atoms with E-state index in [-0.39, 0.29) is 18.7 Å². The Balaban J connectivity index is 1.75. The Morgan fingerprint density at radius 1 is 1.30 bits per heavy atom. The molecule has 1 heterocycles. The second-order valence-electron chi connectivity index (χ2n) is 5.60. The monoisotopic (exact) mass is 387 g/mol. The van der Waals surface area contributed by atoms with Gasteiger partial charge in [-0.05, 0) is 29.8 Å². The molecule has 0 amide bonds. The van der Waals surface area contributed by atoms with Gasteiger partial charge in [0, 0.05) is 12.1 Å². The number of non-ortho nitro benzene ring substituents is 1. The maximum absolute atomic E-state index is 10.8. The van der Waals surface area contributed by atoms with Crippen molar-refractivity contribution >= 4 is 45.4 Å². The molecule has 0 saturated carbocycles. The number of nitro groups is 1. The van der Waals surface area contributed by atoms with Crippen LogP contribution in [-0.2, 0) is 4.79 Å². The standard InChI is InChI=1S/C18H14ClN3O5/c19-14(9-11-1-4-13(5-2-11)27-8-7-17(23)24)18-20-15-6-3-12(22(25)26)10-16(15)21-18/h1-6,9-10H,7-8H2,(H,20,21)(H,23,24)/b14-9+. The molecule has 0 bridgehead atoms. The number of halogens is 1. The summed E-state index contributed by atoms with van der Waals surface area (Å²) in [5.74, 6) is 0.0343. The molecule has 0 unspecified atom stereocenters. The summed E-state index contributed by atoms with van der Waals surface area (Å²) in [6, 6.07) is 11.3. The van der Waals surface area contributed by atoms with Crippen LogP contribution in [0.25, 0.3) is 22.1 Å². The van der Waals surface area contributed by atoms with E-state index in [1.165, 1.54) is 12.1 Å². The number of hydrogen-bond donors (Lipinski definition) is 2. The van der Waals surface area contributed by atoms with E-state index < -0.39 is 10.9 Å². The number of nitro benzene ring substituents is 1. The van der Waals surface area contributed by atoms with Gasteiger partial charge in [-0.3, -0.25) is 14.9 Å². The average Bonchev–Trinajstić information content (AvgIpc) is 3.06. The van der Waals surface area contributed by atoms with Crippen molar-refractivity contribution in [3.63, 3.8) is 0 Å². The van der Waals surface area contributed by atoms with Crippen molar-refractivity contribution in [3.8, 4) is 5.75 Å². The zero-order chi connectivity index (χ0) is 19.4. The first-order valence-electron chi connectivity index (χ1n) is 7.89. The molecule has 2 aromatic carbocycles. The number of carbonyl (C=O) groups is 1. The quantitative estimate of drug-likeness (QED) is 0.466. The molecule has 0 aliphatic heterocycles. The highest BCUT2D eigenvalue weighted by Crippen LogP contribution is 2.25. The van der Waals surface area contributed by atoms with Crippen molar-refractivity contribution in [1.82, 2.24) is 9.97 Å². The van der Waals surface area contributed by atoms with Gasteiger partial charge < -0.3 is 14.8 Å². The van der Waals surface area contributed by atoms with Crippen molar-refractivity contribution in [3.05, 3.63) is 64.0 Å². The maximum Gasteiger partial charge on any atom is 0.306 e. The van der Waals surface area contributed by atoms with Crippen LogP contribution in [0.2, 0.25) is 0 Å². The van der Waals surface area contributed by atoms with E-state index in [1.54, 1.807) is 36.4 Å². The number of nitrogens with one attached hydrogen (secondary N) is 1. The molecular weight excluding hydrogens is 374 g/mol.